The average Bonchev–Trinajstić information content (AvgIpc) is 2.73. The SMILES string of the molecule is Cc1csc(CC(CO)c2ccc(F)cc2)n1. The van der Waals surface area contributed by atoms with Crippen molar-refractivity contribution in [2.24, 2.45) is 0 Å². The third-order valence-electron chi connectivity index (χ3n) is 2.65. The summed E-state index contributed by atoms with van der Waals surface area (Å²) in [5.41, 5.74) is 1.95. The van der Waals surface area contributed by atoms with Crippen molar-refractivity contribution >= 4 is 11.3 Å². The second kappa shape index (κ2) is 5.38. The van der Waals surface area contributed by atoms with E-state index in [1.807, 2.05) is 12.3 Å². The molecule has 2 aromatic rings. The molecule has 2 nitrogen and oxygen atoms in total. The maximum Gasteiger partial charge on any atom is 0.123 e. The van der Waals surface area contributed by atoms with E-state index < -0.39 is 0 Å². The number of aliphatic hydroxyl groups is 1. The summed E-state index contributed by atoms with van der Waals surface area (Å²) in [5, 5.41) is 12.4. The van der Waals surface area contributed by atoms with Crippen LogP contribution in [0, 0.1) is 12.7 Å². The third kappa shape index (κ3) is 3.11. The Morgan fingerprint density at radius 2 is 2.06 bits per heavy atom. The van der Waals surface area contributed by atoms with Gasteiger partial charge in [-0.25, -0.2) is 9.37 Å². The first-order chi connectivity index (χ1) is 8.19. The molecule has 17 heavy (non-hydrogen) atoms. The van der Waals surface area contributed by atoms with Gasteiger partial charge < -0.3 is 5.11 Å². The fraction of sp³-hybridized carbons (Fsp3) is 0.308. The molecule has 4 heteroatoms. The van der Waals surface area contributed by atoms with Gasteiger partial charge >= 0.3 is 0 Å². The quantitative estimate of drug-likeness (QED) is 0.906. The first kappa shape index (κ1) is 12.2. The molecule has 1 aromatic heterocycles. The van der Waals surface area contributed by atoms with Gasteiger partial charge in [0.2, 0.25) is 0 Å². The van der Waals surface area contributed by atoms with Crippen molar-refractivity contribution in [3.63, 3.8) is 0 Å². The summed E-state index contributed by atoms with van der Waals surface area (Å²) in [4.78, 5) is 4.37. The van der Waals surface area contributed by atoms with E-state index in [9.17, 15) is 9.50 Å². The molecule has 0 saturated carbocycles. The number of hydrogen-bond acceptors (Lipinski definition) is 3. The number of aliphatic hydroxyl groups excluding tert-OH is 1. The number of aromatic nitrogens is 1. The standard InChI is InChI=1S/C13H14FNOS/c1-9-8-17-13(15-9)6-11(7-16)10-2-4-12(14)5-3-10/h2-5,8,11,16H,6-7H2,1H3. The Hall–Kier alpha value is -1.26. The lowest BCUT2D eigenvalue weighted by Crippen LogP contribution is -2.07. The summed E-state index contributed by atoms with van der Waals surface area (Å²) in [5.74, 6) is -0.267. The van der Waals surface area contributed by atoms with Crippen molar-refractivity contribution in [2.75, 3.05) is 6.61 Å². The smallest absolute Gasteiger partial charge is 0.123 e. The van der Waals surface area contributed by atoms with Gasteiger partial charge in [0, 0.05) is 23.4 Å². The second-order valence-corrected chi connectivity index (χ2v) is 4.96. The minimum absolute atomic E-state index is 0.0128. The largest absolute Gasteiger partial charge is 0.396 e. The highest BCUT2D eigenvalue weighted by Crippen LogP contribution is 2.22. The molecular weight excluding hydrogens is 237 g/mol. The van der Waals surface area contributed by atoms with Crippen molar-refractivity contribution in [2.45, 2.75) is 19.3 Å². The Morgan fingerprint density at radius 3 is 2.59 bits per heavy atom. The fourth-order valence-electron chi connectivity index (χ4n) is 1.73. The zero-order valence-electron chi connectivity index (χ0n) is 9.56. The van der Waals surface area contributed by atoms with Crippen molar-refractivity contribution in [1.82, 2.24) is 4.98 Å². The summed E-state index contributed by atoms with van der Waals surface area (Å²) in [7, 11) is 0. The van der Waals surface area contributed by atoms with Gasteiger partial charge in [0.25, 0.3) is 0 Å². The average molecular weight is 251 g/mol. The van der Waals surface area contributed by atoms with E-state index in [4.69, 9.17) is 0 Å². The lowest BCUT2D eigenvalue weighted by Gasteiger charge is -2.12. The molecule has 1 atom stereocenters. The molecule has 0 bridgehead atoms. The Bertz CT molecular complexity index is 480. The van der Waals surface area contributed by atoms with Crippen molar-refractivity contribution < 1.29 is 9.50 Å². The number of benzene rings is 1. The van der Waals surface area contributed by atoms with Gasteiger partial charge in [-0.3, -0.25) is 0 Å². The van der Waals surface area contributed by atoms with Crippen LogP contribution in [0.3, 0.4) is 0 Å². The van der Waals surface area contributed by atoms with Gasteiger partial charge in [-0.05, 0) is 24.6 Å². The maximum absolute atomic E-state index is 12.8. The van der Waals surface area contributed by atoms with E-state index in [-0.39, 0.29) is 18.3 Å². The molecule has 0 aliphatic carbocycles. The minimum atomic E-state index is -0.254. The normalized spacial score (nSPS) is 12.6. The summed E-state index contributed by atoms with van der Waals surface area (Å²) in [6.07, 6.45) is 0.695. The highest BCUT2D eigenvalue weighted by Gasteiger charge is 2.13. The lowest BCUT2D eigenvalue weighted by atomic mass is 9.97. The van der Waals surface area contributed by atoms with Gasteiger partial charge in [0.15, 0.2) is 0 Å². The van der Waals surface area contributed by atoms with Crippen molar-refractivity contribution in [1.29, 1.82) is 0 Å². The molecule has 0 amide bonds. The fourth-order valence-corrected chi connectivity index (χ4v) is 2.58. The molecule has 0 spiro atoms. The maximum atomic E-state index is 12.8. The summed E-state index contributed by atoms with van der Waals surface area (Å²) < 4.78 is 12.8. The van der Waals surface area contributed by atoms with Crippen LogP contribution in [-0.2, 0) is 6.42 Å². The molecule has 2 rings (SSSR count). The molecule has 1 N–H and O–H groups in total. The molecule has 90 valence electrons. The third-order valence-corrected chi connectivity index (χ3v) is 3.64. The minimum Gasteiger partial charge on any atom is -0.396 e. The number of rotatable bonds is 4. The Labute approximate surface area is 104 Å². The molecule has 0 aliphatic heterocycles. The van der Waals surface area contributed by atoms with Crippen LogP contribution in [0.2, 0.25) is 0 Å². The number of thiazole rings is 1. The van der Waals surface area contributed by atoms with E-state index in [1.54, 1.807) is 23.5 Å². The summed E-state index contributed by atoms with van der Waals surface area (Å²) >= 11 is 1.59. The van der Waals surface area contributed by atoms with Crippen LogP contribution >= 0.6 is 11.3 Å². The second-order valence-electron chi connectivity index (χ2n) is 4.02. The zero-order valence-corrected chi connectivity index (χ0v) is 10.4. The molecule has 1 heterocycles. The van der Waals surface area contributed by atoms with Crippen molar-refractivity contribution in [3.8, 4) is 0 Å². The van der Waals surface area contributed by atoms with Crippen LogP contribution in [0.1, 0.15) is 22.2 Å². The van der Waals surface area contributed by atoms with Crippen LogP contribution < -0.4 is 0 Å². The summed E-state index contributed by atoms with van der Waals surface area (Å²) in [6.45, 7) is 2.00. The monoisotopic (exact) mass is 251 g/mol. The number of hydrogen-bond donors (Lipinski definition) is 1. The molecule has 0 saturated heterocycles. The Kier molecular flexibility index (Phi) is 3.86. The zero-order chi connectivity index (χ0) is 12.3. The molecule has 0 radical (unpaired) electrons. The highest BCUT2D eigenvalue weighted by molar-refractivity contribution is 7.09. The van der Waals surface area contributed by atoms with E-state index in [0.29, 0.717) is 6.42 Å². The predicted molar refractivity (Wildman–Crippen MR) is 66.8 cm³/mol. The van der Waals surface area contributed by atoms with Gasteiger partial charge in [0.05, 0.1) is 11.6 Å². The van der Waals surface area contributed by atoms with Crippen LogP contribution in [0.5, 0.6) is 0 Å². The van der Waals surface area contributed by atoms with Gasteiger partial charge in [0.1, 0.15) is 5.82 Å². The summed E-state index contributed by atoms with van der Waals surface area (Å²) in [6, 6.07) is 6.28. The van der Waals surface area contributed by atoms with Crippen LogP contribution in [0.4, 0.5) is 4.39 Å². The molecule has 1 unspecified atom stereocenters. The predicted octanol–water partition coefficient (Wildman–Crippen LogP) is 2.91. The van der Waals surface area contributed by atoms with Crippen LogP contribution in [-0.4, -0.2) is 16.7 Å². The number of nitrogens with zero attached hydrogens (tertiary/aromatic N) is 1. The van der Waals surface area contributed by atoms with Crippen LogP contribution in [0.25, 0.3) is 0 Å². The van der Waals surface area contributed by atoms with Crippen molar-refractivity contribution in [3.05, 3.63) is 51.7 Å². The highest BCUT2D eigenvalue weighted by atomic mass is 32.1. The topological polar surface area (TPSA) is 33.1 Å². The van der Waals surface area contributed by atoms with E-state index in [0.717, 1.165) is 16.3 Å². The number of aryl methyl sites for hydroxylation is 1. The first-order valence-corrected chi connectivity index (χ1v) is 6.34. The van der Waals surface area contributed by atoms with Gasteiger partial charge in [-0.1, -0.05) is 12.1 Å². The molecule has 0 aliphatic rings. The van der Waals surface area contributed by atoms with Gasteiger partial charge in [-0.15, -0.1) is 11.3 Å². The molecule has 0 fully saturated rings. The first-order valence-electron chi connectivity index (χ1n) is 5.46. The van der Waals surface area contributed by atoms with E-state index >= 15 is 0 Å². The Morgan fingerprint density at radius 1 is 1.35 bits per heavy atom. The molecule has 1 aromatic carbocycles. The van der Waals surface area contributed by atoms with E-state index in [2.05, 4.69) is 4.98 Å². The van der Waals surface area contributed by atoms with Crippen LogP contribution in [0.15, 0.2) is 29.6 Å². The van der Waals surface area contributed by atoms with Gasteiger partial charge in [-0.2, -0.15) is 0 Å². The number of halogens is 1. The lowest BCUT2D eigenvalue weighted by molar-refractivity contribution is 0.264. The Balaban J connectivity index is 2.13. The van der Waals surface area contributed by atoms with E-state index in [1.165, 1.54) is 12.1 Å². The molecular formula is C13H14FNOS.